The molecule has 130 valence electrons. The molecule has 25 heavy (non-hydrogen) atoms. The summed E-state index contributed by atoms with van der Waals surface area (Å²) in [5, 5.41) is 5.81. The number of hydrogen-bond acceptors (Lipinski definition) is 3. The maximum Gasteiger partial charge on any atom is 0.251 e. The Balaban J connectivity index is 1.92. The van der Waals surface area contributed by atoms with Gasteiger partial charge in [0.25, 0.3) is 11.8 Å². The molecule has 0 aliphatic rings. The van der Waals surface area contributed by atoms with Crippen LogP contribution in [0.25, 0.3) is 0 Å². The number of nitrogens with two attached hydrogens (primary N) is 1. The zero-order valence-corrected chi connectivity index (χ0v) is 15.9. The summed E-state index contributed by atoms with van der Waals surface area (Å²) in [6.45, 7) is 0.109. The van der Waals surface area contributed by atoms with E-state index in [2.05, 4.69) is 33.2 Å². The largest absolute Gasteiger partial charge is 0.368 e. The minimum atomic E-state index is -0.607. The standard InChI is InChI=1S/C17H15ClIN3O3/c18-13-6-5-12(7-14(13)19)17(25)21-8-10-1-3-11(4-2-10)16(24)22-9-15(20)23/h1-7H,8-9H2,(H2,20,23)(H,21,25)(H,22,24). The third-order valence-electron chi connectivity index (χ3n) is 3.27. The molecule has 4 N–H and O–H groups in total. The SMILES string of the molecule is NC(=O)CNC(=O)c1ccc(CNC(=O)c2ccc(Cl)c(I)c2)cc1. The average molecular weight is 472 g/mol. The first-order valence-corrected chi connectivity index (χ1v) is 8.71. The topological polar surface area (TPSA) is 101 Å². The summed E-state index contributed by atoms with van der Waals surface area (Å²) >= 11 is 8.01. The molecule has 0 heterocycles. The van der Waals surface area contributed by atoms with E-state index in [4.69, 9.17) is 17.3 Å². The number of rotatable bonds is 6. The van der Waals surface area contributed by atoms with Crippen LogP contribution in [0.3, 0.4) is 0 Å². The molecule has 3 amide bonds. The van der Waals surface area contributed by atoms with Crippen molar-refractivity contribution < 1.29 is 14.4 Å². The van der Waals surface area contributed by atoms with E-state index in [9.17, 15) is 14.4 Å². The van der Waals surface area contributed by atoms with Crippen LogP contribution in [-0.2, 0) is 11.3 Å². The van der Waals surface area contributed by atoms with Crippen LogP contribution in [0, 0.1) is 3.57 Å². The maximum absolute atomic E-state index is 12.1. The predicted molar refractivity (Wildman–Crippen MR) is 103 cm³/mol. The summed E-state index contributed by atoms with van der Waals surface area (Å²) in [5.41, 5.74) is 6.74. The molecular formula is C17H15ClIN3O3. The molecule has 0 aromatic heterocycles. The lowest BCUT2D eigenvalue weighted by Gasteiger charge is -2.08. The van der Waals surface area contributed by atoms with Gasteiger partial charge in [0.15, 0.2) is 0 Å². The summed E-state index contributed by atoms with van der Waals surface area (Å²) in [6, 6.07) is 11.7. The van der Waals surface area contributed by atoms with E-state index in [1.165, 1.54) is 0 Å². The maximum atomic E-state index is 12.1. The van der Waals surface area contributed by atoms with Crippen LogP contribution in [0.15, 0.2) is 42.5 Å². The number of primary amides is 1. The van der Waals surface area contributed by atoms with E-state index in [0.717, 1.165) is 9.13 Å². The van der Waals surface area contributed by atoms with Crippen molar-refractivity contribution in [3.63, 3.8) is 0 Å². The lowest BCUT2D eigenvalue weighted by Crippen LogP contribution is -2.33. The van der Waals surface area contributed by atoms with Crippen LogP contribution in [0.1, 0.15) is 26.3 Å². The second-order valence-corrected chi connectivity index (χ2v) is 6.73. The second-order valence-electron chi connectivity index (χ2n) is 5.16. The van der Waals surface area contributed by atoms with Gasteiger partial charge in [-0.2, -0.15) is 0 Å². The minimum Gasteiger partial charge on any atom is -0.368 e. The van der Waals surface area contributed by atoms with Gasteiger partial charge in [0.1, 0.15) is 0 Å². The van der Waals surface area contributed by atoms with Crippen molar-refractivity contribution in [3.8, 4) is 0 Å². The molecule has 0 bridgehead atoms. The molecule has 0 spiro atoms. The first-order valence-electron chi connectivity index (χ1n) is 7.25. The van der Waals surface area contributed by atoms with Gasteiger partial charge < -0.3 is 16.4 Å². The average Bonchev–Trinajstić information content (AvgIpc) is 2.60. The van der Waals surface area contributed by atoms with Gasteiger partial charge in [0.05, 0.1) is 11.6 Å². The van der Waals surface area contributed by atoms with Crippen molar-refractivity contribution in [2.75, 3.05) is 6.54 Å². The summed E-state index contributed by atoms with van der Waals surface area (Å²) in [6.07, 6.45) is 0. The van der Waals surface area contributed by atoms with Gasteiger partial charge in [0.2, 0.25) is 5.91 Å². The van der Waals surface area contributed by atoms with Crippen molar-refractivity contribution in [2.24, 2.45) is 5.73 Å². The first-order chi connectivity index (χ1) is 11.9. The van der Waals surface area contributed by atoms with Crippen LogP contribution in [-0.4, -0.2) is 24.3 Å². The van der Waals surface area contributed by atoms with E-state index in [-0.39, 0.29) is 18.4 Å². The molecule has 0 fully saturated rings. The zero-order valence-electron chi connectivity index (χ0n) is 13.0. The Hall–Kier alpha value is -2.13. The zero-order chi connectivity index (χ0) is 18.4. The number of benzene rings is 2. The molecule has 0 aliphatic carbocycles. The van der Waals surface area contributed by atoms with Crippen LogP contribution < -0.4 is 16.4 Å². The van der Waals surface area contributed by atoms with Crippen LogP contribution in [0.5, 0.6) is 0 Å². The van der Waals surface area contributed by atoms with Gasteiger partial charge in [-0.15, -0.1) is 0 Å². The molecule has 2 rings (SSSR count). The number of nitrogens with one attached hydrogen (secondary N) is 2. The highest BCUT2D eigenvalue weighted by molar-refractivity contribution is 14.1. The van der Waals surface area contributed by atoms with Gasteiger partial charge in [-0.05, 0) is 58.5 Å². The molecule has 6 nitrogen and oxygen atoms in total. The summed E-state index contributed by atoms with van der Waals surface area (Å²) < 4.78 is 0.804. The van der Waals surface area contributed by atoms with E-state index >= 15 is 0 Å². The van der Waals surface area contributed by atoms with Crippen molar-refractivity contribution in [1.29, 1.82) is 0 Å². The Morgan fingerprint density at radius 1 is 0.960 bits per heavy atom. The fraction of sp³-hybridized carbons (Fsp3) is 0.118. The van der Waals surface area contributed by atoms with E-state index in [1.807, 2.05) is 0 Å². The molecular weight excluding hydrogens is 457 g/mol. The smallest absolute Gasteiger partial charge is 0.251 e. The lowest BCUT2D eigenvalue weighted by molar-refractivity contribution is -0.117. The van der Waals surface area contributed by atoms with E-state index in [0.29, 0.717) is 22.7 Å². The van der Waals surface area contributed by atoms with Crippen LogP contribution in [0.2, 0.25) is 5.02 Å². The highest BCUT2D eigenvalue weighted by Crippen LogP contribution is 2.19. The number of hydrogen-bond donors (Lipinski definition) is 3. The molecule has 0 saturated carbocycles. The summed E-state index contributed by atoms with van der Waals surface area (Å²) in [7, 11) is 0. The minimum absolute atomic E-state index is 0.210. The number of amides is 3. The van der Waals surface area contributed by atoms with Gasteiger partial charge in [-0.1, -0.05) is 23.7 Å². The Kier molecular flexibility index (Phi) is 6.77. The molecule has 0 saturated heterocycles. The molecule has 0 atom stereocenters. The Labute approximate surface area is 163 Å². The molecule has 0 aliphatic heterocycles. The van der Waals surface area contributed by atoms with Gasteiger partial charge >= 0.3 is 0 Å². The molecule has 2 aromatic rings. The molecule has 2 aromatic carbocycles. The third kappa shape index (κ3) is 5.71. The van der Waals surface area contributed by atoms with Gasteiger partial charge in [-0.3, -0.25) is 14.4 Å². The van der Waals surface area contributed by atoms with Crippen LogP contribution >= 0.6 is 34.2 Å². The fourth-order valence-electron chi connectivity index (χ4n) is 1.97. The van der Waals surface area contributed by atoms with E-state index in [1.54, 1.807) is 42.5 Å². The highest BCUT2D eigenvalue weighted by atomic mass is 127. The van der Waals surface area contributed by atoms with E-state index < -0.39 is 5.91 Å². The van der Waals surface area contributed by atoms with Gasteiger partial charge in [-0.25, -0.2) is 0 Å². The summed E-state index contributed by atoms with van der Waals surface area (Å²) in [4.78, 5) is 34.6. The Morgan fingerprint density at radius 2 is 1.56 bits per heavy atom. The molecule has 0 radical (unpaired) electrons. The number of carbonyl (C=O) groups excluding carboxylic acids is 3. The molecule has 0 unspecified atom stereocenters. The van der Waals surface area contributed by atoms with Crippen molar-refractivity contribution >= 4 is 51.9 Å². The number of carbonyl (C=O) groups is 3. The summed E-state index contributed by atoms with van der Waals surface area (Å²) in [5.74, 6) is -1.20. The fourth-order valence-corrected chi connectivity index (χ4v) is 2.60. The number of halogens is 2. The quantitative estimate of drug-likeness (QED) is 0.562. The normalized spacial score (nSPS) is 10.2. The van der Waals surface area contributed by atoms with Crippen molar-refractivity contribution in [1.82, 2.24) is 10.6 Å². The second kappa shape index (κ2) is 8.82. The van der Waals surface area contributed by atoms with Crippen LogP contribution in [0.4, 0.5) is 0 Å². The Bertz CT molecular complexity index is 809. The Morgan fingerprint density at radius 3 is 2.16 bits per heavy atom. The lowest BCUT2D eigenvalue weighted by atomic mass is 10.1. The van der Waals surface area contributed by atoms with Gasteiger partial charge in [0, 0.05) is 21.2 Å². The highest BCUT2D eigenvalue weighted by Gasteiger charge is 2.09. The monoisotopic (exact) mass is 471 g/mol. The third-order valence-corrected chi connectivity index (χ3v) is 4.82. The first kappa shape index (κ1) is 19.2. The molecule has 8 heteroatoms. The van der Waals surface area contributed by atoms with Crippen molar-refractivity contribution in [2.45, 2.75) is 6.54 Å². The van der Waals surface area contributed by atoms with Crippen molar-refractivity contribution in [3.05, 3.63) is 67.7 Å². The predicted octanol–water partition coefficient (Wildman–Crippen LogP) is 2.09.